The highest BCUT2D eigenvalue weighted by molar-refractivity contribution is 5.87. The molecular weight excluding hydrogens is 216 g/mol. The van der Waals surface area contributed by atoms with Crippen LogP contribution in [0.15, 0.2) is 36.7 Å². The predicted octanol–water partition coefficient (Wildman–Crippen LogP) is 2.19. The summed E-state index contributed by atoms with van der Waals surface area (Å²) in [6.07, 6.45) is 4.77. The summed E-state index contributed by atoms with van der Waals surface area (Å²) in [5.74, 6) is -0.901. The molecule has 0 amide bonds. The van der Waals surface area contributed by atoms with Gasteiger partial charge in [0.1, 0.15) is 0 Å². The maximum Gasteiger partial charge on any atom is 0.335 e. The first-order valence-corrected chi connectivity index (χ1v) is 5.52. The van der Waals surface area contributed by atoms with Crippen molar-refractivity contribution < 1.29 is 9.90 Å². The van der Waals surface area contributed by atoms with Gasteiger partial charge >= 0.3 is 5.97 Å². The lowest BCUT2D eigenvalue weighted by Gasteiger charge is -2.03. The Balaban J connectivity index is 2.18. The van der Waals surface area contributed by atoms with Gasteiger partial charge in [-0.2, -0.15) is 5.10 Å². The second-order valence-corrected chi connectivity index (χ2v) is 3.91. The number of aromatic carboxylic acids is 1. The predicted molar refractivity (Wildman–Crippen MR) is 64.1 cm³/mol. The van der Waals surface area contributed by atoms with E-state index in [1.807, 2.05) is 23.1 Å². The average Bonchev–Trinajstić information content (AvgIpc) is 2.77. The van der Waals surface area contributed by atoms with Gasteiger partial charge < -0.3 is 5.11 Å². The molecule has 0 radical (unpaired) electrons. The minimum atomic E-state index is -0.901. The molecule has 1 heterocycles. The normalized spacial score (nSPS) is 10.4. The molecule has 2 rings (SSSR count). The molecule has 17 heavy (non-hydrogen) atoms. The number of benzene rings is 1. The minimum Gasteiger partial charge on any atom is -0.478 e. The second-order valence-electron chi connectivity index (χ2n) is 3.91. The highest BCUT2D eigenvalue weighted by Gasteiger charge is 2.04. The van der Waals surface area contributed by atoms with Gasteiger partial charge in [-0.25, -0.2) is 4.79 Å². The van der Waals surface area contributed by atoms with Crippen LogP contribution in [0, 0.1) is 0 Å². The monoisotopic (exact) mass is 230 g/mol. The van der Waals surface area contributed by atoms with Gasteiger partial charge in [0.2, 0.25) is 0 Å². The number of hydrogen-bond donors (Lipinski definition) is 1. The lowest BCUT2D eigenvalue weighted by atomic mass is 10.1. The van der Waals surface area contributed by atoms with Crippen LogP contribution in [0.5, 0.6) is 0 Å². The summed E-state index contributed by atoms with van der Waals surface area (Å²) >= 11 is 0. The van der Waals surface area contributed by atoms with Gasteiger partial charge in [0.05, 0.1) is 18.3 Å². The van der Waals surface area contributed by atoms with E-state index in [0.717, 1.165) is 12.0 Å². The molecule has 0 aliphatic carbocycles. The van der Waals surface area contributed by atoms with Crippen LogP contribution in [-0.2, 0) is 13.0 Å². The fraction of sp³-hybridized carbons (Fsp3) is 0.231. The quantitative estimate of drug-likeness (QED) is 0.876. The zero-order valence-electron chi connectivity index (χ0n) is 9.63. The number of carbonyl (C=O) groups is 1. The smallest absolute Gasteiger partial charge is 0.335 e. The van der Waals surface area contributed by atoms with E-state index < -0.39 is 5.97 Å². The number of rotatable bonds is 4. The Morgan fingerprint density at radius 3 is 2.88 bits per heavy atom. The molecule has 0 aliphatic heterocycles. The van der Waals surface area contributed by atoms with E-state index in [4.69, 9.17) is 5.11 Å². The summed E-state index contributed by atoms with van der Waals surface area (Å²) in [6.45, 7) is 2.67. The molecule has 88 valence electrons. The van der Waals surface area contributed by atoms with Crippen molar-refractivity contribution in [1.82, 2.24) is 9.78 Å². The van der Waals surface area contributed by atoms with Crippen molar-refractivity contribution in [3.8, 4) is 0 Å². The molecule has 1 N–H and O–H groups in total. The Morgan fingerprint density at radius 2 is 2.24 bits per heavy atom. The molecule has 0 saturated carbocycles. The van der Waals surface area contributed by atoms with Crippen molar-refractivity contribution >= 4 is 5.97 Å². The number of nitrogens with zero attached hydrogens (tertiary/aromatic N) is 2. The first-order valence-electron chi connectivity index (χ1n) is 5.52. The lowest BCUT2D eigenvalue weighted by Crippen LogP contribution is -2.02. The fourth-order valence-electron chi connectivity index (χ4n) is 1.67. The fourth-order valence-corrected chi connectivity index (χ4v) is 1.67. The third-order valence-electron chi connectivity index (χ3n) is 2.61. The molecule has 0 fully saturated rings. The zero-order chi connectivity index (χ0) is 12.3. The molecule has 1 aromatic carbocycles. The van der Waals surface area contributed by atoms with Gasteiger partial charge in [-0.05, 0) is 29.7 Å². The summed E-state index contributed by atoms with van der Waals surface area (Å²) in [5, 5.41) is 13.1. The Hall–Kier alpha value is -2.10. The molecule has 0 saturated heterocycles. The Kier molecular flexibility index (Phi) is 3.23. The zero-order valence-corrected chi connectivity index (χ0v) is 9.63. The first kappa shape index (κ1) is 11.4. The lowest BCUT2D eigenvalue weighted by molar-refractivity contribution is 0.0696. The van der Waals surface area contributed by atoms with E-state index in [0.29, 0.717) is 12.1 Å². The summed E-state index contributed by atoms with van der Waals surface area (Å²) in [4.78, 5) is 10.8. The maximum atomic E-state index is 10.8. The van der Waals surface area contributed by atoms with Crippen LogP contribution in [0.25, 0.3) is 0 Å². The second kappa shape index (κ2) is 4.82. The van der Waals surface area contributed by atoms with Gasteiger partial charge in [-0.15, -0.1) is 0 Å². The van der Waals surface area contributed by atoms with E-state index in [1.54, 1.807) is 18.2 Å². The van der Waals surface area contributed by atoms with Crippen LogP contribution in [-0.4, -0.2) is 20.9 Å². The Bertz CT molecular complexity index is 532. The molecular formula is C13H14N2O2. The maximum absolute atomic E-state index is 10.8. The van der Waals surface area contributed by atoms with Crippen LogP contribution >= 0.6 is 0 Å². The van der Waals surface area contributed by atoms with E-state index in [2.05, 4.69) is 12.0 Å². The third kappa shape index (κ3) is 2.72. The first-order chi connectivity index (χ1) is 8.19. The molecule has 0 atom stereocenters. The van der Waals surface area contributed by atoms with Crippen LogP contribution in [0.3, 0.4) is 0 Å². The van der Waals surface area contributed by atoms with Crippen molar-refractivity contribution in [2.24, 2.45) is 0 Å². The third-order valence-corrected chi connectivity index (χ3v) is 2.61. The van der Waals surface area contributed by atoms with Crippen LogP contribution in [0.1, 0.15) is 28.4 Å². The highest BCUT2D eigenvalue weighted by atomic mass is 16.4. The highest BCUT2D eigenvalue weighted by Crippen LogP contribution is 2.08. The van der Waals surface area contributed by atoms with Crippen LogP contribution in [0.4, 0.5) is 0 Å². The summed E-state index contributed by atoms with van der Waals surface area (Å²) < 4.78 is 1.82. The SMILES string of the molecule is CCc1cnn(Cc2cccc(C(=O)O)c2)c1. The Morgan fingerprint density at radius 1 is 1.41 bits per heavy atom. The van der Waals surface area contributed by atoms with Crippen molar-refractivity contribution in [1.29, 1.82) is 0 Å². The molecule has 4 heteroatoms. The molecule has 2 aromatic rings. The number of hydrogen-bond acceptors (Lipinski definition) is 2. The van der Waals surface area contributed by atoms with E-state index in [1.165, 1.54) is 5.56 Å². The average molecular weight is 230 g/mol. The van der Waals surface area contributed by atoms with Gasteiger partial charge in [0.25, 0.3) is 0 Å². The molecule has 0 bridgehead atoms. The van der Waals surface area contributed by atoms with E-state index >= 15 is 0 Å². The summed E-state index contributed by atoms with van der Waals surface area (Å²) in [7, 11) is 0. The van der Waals surface area contributed by atoms with Crippen LogP contribution < -0.4 is 0 Å². The van der Waals surface area contributed by atoms with Crippen molar-refractivity contribution in [3.05, 3.63) is 53.3 Å². The molecule has 0 spiro atoms. The summed E-state index contributed by atoms with van der Waals surface area (Å²) in [5.41, 5.74) is 2.43. The van der Waals surface area contributed by atoms with Crippen molar-refractivity contribution in [3.63, 3.8) is 0 Å². The molecule has 0 aliphatic rings. The number of aryl methyl sites for hydroxylation is 1. The number of aromatic nitrogens is 2. The van der Waals surface area contributed by atoms with E-state index in [-0.39, 0.29) is 0 Å². The Labute approximate surface area is 99.5 Å². The van der Waals surface area contributed by atoms with Crippen molar-refractivity contribution in [2.75, 3.05) is 0 Å². The topological polar surface area (TPSA) is 55.1 Å². The number of carboxylic acid groups (broad SMARTS) is 1. The van der Waals surface area contributed by atoms with Gasteiger partial charge in [-0.1, -0.05) is 19.1 Å². The standard InChI is InChI=1S/C13H14N2O2/c1-2-10-7-14-15(8-10)9-11-4-3-5-12(6-11)13(16)17/h3-8H,2,9H2,1H3,(H,16,17). The van der Waals surface area contributed by atoms with Gasteiger partial charge in [0.15, 0.2) is 0 Å². The van der Waals surface area contributed by atoms with Gasteiger partial charge in [-0.3, -0.25) is 4.68 Å². The largest absolute Gasteiger partial charge is 0.478 e. The molecule has 0 unspecified atom stereocenters. The van der Waals surface area contributed by atoms with Crippen LogP contribution in [0.2, 0.25) is 0 Å². The van der Waals surface area contributed by atoms with Crippen molar-refractivity contribution in [2.45, 2.75) is 19.9 Å². The van der Waals surface area contributed by atoms with E-state index in [9.17, 15) is 4.79 Å². The minimum absolute atomic E-state index is 0.311. The molecule has 1 aromatic heterocycles. The van der Waals surface area contributed by atoms with Gasteiger partial charge in [0, 0.05) is 6.20 Å². The number of carboxylic acids is 1. The molecule has 4 nitrogen and oxygen atoms in total. The summed E-state index contributed by atoms with van der Waals surface area (Å²) in [6, 6.07) is 6.92.